The van der Waals surface area contributed by atoms with Gasteiger partial charge in [0.1, 0.15) is 11.8 Å². The van der Waals surface area contributed by atoms with Crippen LogP contribution in [0.1, 0.15) is 65.9 Å². The first-order valence-corrected chi connectivity index (χ1v) is 12.7. The molecule has 1 unspecified atom stereocenters. The van der Waals surface area contributed by atoms with Crippen LogP contribution < -0.4 is 10.6 Å². The van der Waals surface area contributed by atoms with Gasteiger partial charge in [-0.3, -0.25) is 19.7 Å². The van der Waals surface area contributed by atoms with Crippen molar-refractivity contribution in [2.45, 2.75) is 56.7 Å². The molecule has 10 nitrogen and oxygen atoms in total. The first kappa shape index (κ1) is 23.6. The van der Waals surface area contributed by atoms with Crippen LogP contribution in [0.5, 0.6) is 0 Å². The molecule has 3 heterocycles. The van der Waals surface area contributed by atoms with Crippen LogP contribution in [-0.4, -0.2) is 44.6 Å². The summed E-state index contributed by atoms with van der Waals surface area (Å²) in [5, 5.41) is 14.3. The molecule has 4 aliphatic rings. The summed E-state index contributed by atoms with van der Waals surface area (Å²) in [5.74, 6) is -0.396. The van der Waals surface area contributed by atoms with Gasteiger partial charge in [-0.25, -0.2) is 4.99 Å². The lowest BCUT2D eigenvalue weighted by molar-refractivity contribution is -0.136. The van der Waals surface area contributed by atoms with E-state index in [1.165, 1.54) is 4.90 Å². The molecule has 1 atom stereocenters. The van der Waals surface area contributed by atoms with Crippen LogP contribution in [0.25, 0.3) is 0 Å². The summed E-state index contributed by atoms with van der Waals surface area (Å²) in [6.45, 7) is 8.03. The number of anilines is 1. The number of carbonyl (C=O) groups excluding carboxylic acids is 3. The second-order valence-corrected chi connectivity index (χ2v) is 10.4. The van der Waals surface area contributed by atoms with Crippen LogP contribution in [0.15, 0.2) is 46.5 Å². The van der Waals surface area contributed by atoms with E-state index in [9.17, 15) is 14.4 Å². The molecule has 190 valence electrons. The Morgan fingerprint density at radius 1 is 1.24 bits per heavy atom. The van der Waals surface area contributed by atoms with E-state index in [2.05, 4.69) is 39.0 Å². The van der Waals surface area contributed by atoms with E-state index in [1.54, 1.807) is 6.08 Å². The number of fused-ring (bicyclic) bond motifs is 1. The SMILES string of the molecule is C=CC(=NC(=C)C1CC1)c1nnc(NC2(c3cc(Cl)c4c(c3)C(=O)N(C3CCC(=O)NC3=O)C4)CC2)o1. The smallest absolute Gasteiger partial charge is 0.316 e. The van der Waals surface area contributed by atoms with Crippen LogP contribution in [0.2, 0.25) is 5.02 Å². The molecule has 1 aromatic carbocycles. The van der Waals surface area contributed by atoms with Crippen LogP contribution in [0.4, 0.5) is 6.01 Å². The zero-order valence-corrected chi connectivity index (χ0v) is 20.8. The molecule has 0 bridgehead atoms. The normalized spacial score (nSPS) is 22.5. The second kappa shape index (κ2) is 8.65. The number of nitrogens with zero attached hydrogens (tertiary/aromatic N) is 4. The molecule has 2 aliphatic heterocycles. The lowest BCUT2D eigenvalue weighted by Crippen LogP contribution is -2.52. The van der Waals surface area contributed by atoms with Gasteiger partial charge in [0.15, 0.2) is 0 Å². The molecule has 6 rings (SSSR count). The highest BCUT2D eigenvalue weighted by molar-refractivity contribution is 6.32. The molecule has 2 saturated carbocycles. The fourth-order valence-electron chi connectivity index (χ4n) is 4.93. The average Bonchev–Trinajstić information content (AvgIpc) is 3.78. The lowest BCUT2D eigenvalue weighted by Gasteiger charge is -2.29. The summed E-state index contributed by atoms with van der Waals surface area (Å²) in [6, 6.07) is 3.20. The van der Waals surface area contributed by atoms with Gasteiger partial charge in [-0.2, -0.15) is 0 Å². The number of imide groups is 1. The number of allylic oxidation sites excluding steroid dienone is 2. The van der Waals surface area contributed by atoms with Gasteiger partial charge in [-0.05, 0) is 55.9 Å². The summed E-state index contributed by atoms with van der Waals surface area (Å²) in [6.07, 6.45) is 5.80. The second-order valence-electron chi connectivity index (χ2n) is 9.97. The van der Waals surface area contributed by atoms with E-state index < -0.39 is 17.5 Å². The van der Waals surface area contributed by atoms with Gasteiger partial charge in [0.25, 0.3) is 11.8 Å². The summed E-state index contributed by atoms with van der Waals surface area (Å²) >= 11 is 6.64. The molecule has 3 fully saturated rings. The van der Waals surface area contributed by atoms with Crippen LogP contribution in [0.3, 0.4) is 0 Å². The van der Waals surface area contributed by atoms with Crippen molar-refractivity contribution in [1.82, 2.24) is 20.4 Å². The number of aliphatic imine (C=N–C) groups is 1. The van der Waals surface area contributed by atoms with Crippen molar-refractivity contribution in [3.8, 4) is 0 Å². The van der Waals surface area contributed by atoms with Crippen LogP contribution >= 0.6 is 11.6 Å². The largest absolute Gasteiger partial charge is 0.402 e. The number of rotatable bonds is 8. The number of amides is 3. The van der Waals surface area contributed by atoms with Gasteiger partial charge >= 0.3 is 6.01 Å². The maximum atomic E-state index is 13.3. The summed E-state index contributed by atoms with van der Waals surface area (Å²) in [4.78, 5) is 43.2. The number of nitrogens with one attached hydrogen (secondary N) is 2. The minimum Gasteiger partial charge on any atom is -0.402 e. The quantitative estimate of drug-likeness (QED) is 0.402. The summed E-state index contributed by atoms with van der Waals surface area (Å²) in [7, 11) is 0. The molecular formula is C26H25ClN6O4. The first-order valence-electron chi connectivity index (χ1n) is 12.3. The van der Waals surface area contributed by atoms with Crippen LogP contribution in [0, 0.1) is 5.92 Å². The van der Waals surface area contributed by atoms with Crippen molar-refractivity contribution in [3.05, 3.63) is 64.7 Å². The van der Waals surface area contributed by atoms with E-state index in [4.69, 9.17) is 16.0 Å². The number of benzene rings is 1. The number of piperidine rings is 1. The Kier molecular flexibility index (Phi) is 5.52. The van der Waals surface area contributed by atoms with Gasteiger partial charge in [0.05, 0.1) is 5.54 Å². The third-order valence-electron chi connectivity index (χ3n) is 7.40. The fourth-order valence-corrected chi connectivity index (χ4v) is 5.21. The highest BCUT2D eigenvalue weighted by Crippen LogP contribution is 2.50. The zero-order chi connectivity index (χ0) is 25.9. The predicted molar refractivity (Wildman–Crippen MR) is 135 cm³/mol. The van der Waals surface area contributed by atoms with Crippen molar-refractivity contribution in [3.63, 3.8) is 0 Å². The third kappa shape index (κ3) is 4.25. The minimum absolute atomic E-state index is 0.196. The molecule has 2 N–H and O–H groups in total. The standard InChI is InChI=1S/C26H25ClN6O4/c1-3-19(28-13(2)14-4-5-14)23-31-32-25(37-23)30-26(8-9-26)15-10-16-17(18(27)11-15)12-33(24(16)36)20-6-7-21(34)29-22(20)35/h3,10-11,14,20H,1-2,4-9,12H2,(H,30,32)(H,29,34,35). The monoisotopic (exact) mass is 520 g/mol. The molecule has 11 heteroatoms. The van der Waals surface area contributed by atoms with Crippen LogP contribution in [-0.2, 0) is 21.7 Å². The lowest BCUT2D eigenvalue weighted by atomic mass is 9.99. The Morgan fingerprint density at radius 2 is 2.03 bits per heavy atom. The molecule has 3 amide bonds. The molecule has 37 heavy (non-hydrogen) atoms. The molecular weight excluding hydrogens is 496 g/mol. The Hall–Kier alpha value is -3.79. The van der Waals surface area contributed by atoms with E-state index >= 15 is 0 Å². The Bertz CT molecular complexity index is 1400. The van der Waals surface area contributed by atoms with Crippen molar-refractivity contribution in [1.29, 1.82) is 0 Å². The highest BCUT2D eigenvalue weighted by atomic mass is 35.5. The van der Waals surface area contributed by atoms with Crippen molar-refractivity contribution < 1.29 is 18.8 Å². The van der Waals surface area contributed by atoms with E-state index in [-0.39, 0.29) is 36.7 Å². The van der Waals surface area contributed by atoms with Gasteiger partial charge in [-0.15, -0.1) is 5.10 Å². The van der Waals surface area contributed by atoms with Gasteiger partial charge in [-0.1, -0.05) is 29.9 Å². The number of aromatic nitrogens is 2. The molecule has 1 aromatic heterocycles. The van der Waals surface area contributed by atoms with E-state index in [1.807, 2.05) is 12.1 Å². The highest BCUT2D eigenvalue weighted by Gasteiger charge is 2.48. The molecule has 0 spiro atoms. The zero-order valence-electron chi connectivity index (χ0n) is 20.1. The van der Waals surface area contributed by atoms with E-state index in [0.29, 0.717) is 34.2 Å². The number of halogens is 1. The number of carbonyl (C=O) groups is 3. The Labute approximate surface area is 217 Å². The topological polar surface area (TPSA) is 130 Å². The Balaban J connectivity index is 1.22. The van der Waals surface area contributed by atoms with E-state index in [0.717, 1.165) is 36.9 Å². The predicted octanol–water partition coefficient (Wildman–Crippen LogP) is 3.48. The van der Waals surface area contributed by atoms with Gasteiger partial charge in [0, 0.05) is 40.7 Å². The Morgan fingerprint density at radius 3 is 2.70 bits per heavy atom. The van der Waals surface area contributed by atoms with Gasteiger partial charge in [0.2, 0.25) is 11.8 Å². The molecule has 0 radical (unpaired) electrons. The third-order valence-corrected chi connectivity index (χ3v) is 7.74. The molecule has 2 aromatic rings. The summed E-state index contributed by atoms with van der Waals surface area (Å²) < 4.78 is 5.84. The molecule has 2 aliphatic carbocycles. The first-order chi connectivity index (χ1) is 17.8. The summed E-state index contributed by atoms with van der Waals surface area (Å²) in [5.41, 5.74) is 2.72. The minimum atomic E-state index is -0.696. The molecule has 1 saturated heterocycles. The maximum Gasteiger partial charge on any atom is 0.316 e. The van der Waals surface area contributed by atoms with Crippen molar-refractivity contribution in [2.75, 3.05) is 5.32 Å². The average molecular weight is 521 g/mol. The van der Waals surface area contributed by atoms with Crippen molar-refractivity contribution >= 4 is 41.0 Å². The maximum absolute atomic E-state index is 13.3. The van der Waals surface area contributed by atoms with Gasteiger partial charge < -0.3 is 14.6 Å². The number of hydrogen-bond donors (Lipinski definition) is 2. The number of hydrogen-bond acceptors (Lipinski definition) is 8. The van der Waals surface area contributed by atoms with Crippen molar-refractivity contribution in [2.24, 2.45) is 10.9 Å². The fraction of sp³-hybridized carbons (Fsp3) is 0.385.